The van der Waals surface area contributed by atoms with E-state index in [1.165, 1.54) is 12.8 Å². The van der Waals surface area contributed by atoms with Crippen molar-refractivity contribution in [1.29, 1.82) is 0 Å². The van der Waals surface area contributed by atoms with E-state index in [9.17, 15) is 4.79 Å². The van der Waals surface area contributed by atoms with Gasteiger partial charge in [-0.3, -0.25) is 4.79 Å². The summed E-state index contributed by atoms with van der Waals surface area (Å²) in [6.45, 7) is 0. The first-order valence-corrected chi connectivity index (χ1v) is 3.67. The van der Waals surface area contributed by atoms with Crippen LogP contribution in [0, 0.1) is 0 Å². The van der Waals surface area contributed by atoms with E-state index in [0.29, 0.717) is 0 Å². The molecule has 1 aliphatic rings. The number of hydrogen-bond acceptors (Lipinski definition) is 2. The van der Waals surface area contributed by atoms with Gasteiger partial charge in [0.25, 0.3) is 0 Å². The Bertz CT molecular complexity index is 151. The van der Waals surface area contributed by atoms with Gasteiger partial charge in [-0.05, 0) is 31.3 Å². The summed E-state index contributed by atoms with van der Waals surface area (Å²) >= 11 is 0. The highest BCUT2D eigenvalue weighted by atomic mass is 16.1. The van der Waals surface area contributed by atoms with Crippen molar-refractivity contribution in [3.63, 3.8) is 0 Å². The number of rotatable bonds is 2. The molecular weight excluding hydrogens is 126 g/mol. The summed E-state index contributed by atoms with van der Waals surface area (Å²) in [4.78, 5) is 10.1. The van der Waals surface area contributed by atoms with Gasteiger partial charge in [0.2, 0.25) is 6.29 Å². The van der Waals surface area contributed by atoms with Gasteiger partial charge in [-0.15, -0.1) is 0 Å². The van der Waals surface area contributed by atoms with Gasteiger partial charge < -0.3 is 5.73 Å². The monoisotopic (exact) mass is 138 g/mol. The lowest BCUT2D eigenvalue weighted by molar-refractivity contribution is 0.543. The summed E-state index contributed by atoms with van der Waals surface area (Å²) in [6.07, 6.45) is 8.32. The molecule has 1 unspecified atom stereocenters. The molecule has 1 atom stereocenters. The van der Waals surface area contributed by atoms with Crippen molar-refractivity contribution in [3.05, 3.63) is 11.6 Å². The molecule has 0 amide bonds. The molecule has 0 saturated heterocycles. The summed E-state index contributed by atoms with van der Waals surface area (Å²) in [5, 5.41) is 0. The van der Waals surface area contributed by atoms with Crippen molar-refractivity contribution >= 4 is 6.29 Å². The Morgan fingerprint density at radius 1 is 1.60 bits per heavy atom. The minimum absolute atomic E-state index is 0.458. The first-order valence-electron chi connectivity index (χ1n) is 3.67. The molecular formula is C8H12NO. The quantitative estimate of drug-likeness (QED) is 0.577. The second-order valence-corrected chi connectivity index (χ2v) is 2.62. The van der Waals surface area contributed by atoms with E-state index in [-0.39, 0.29) is 0 Å². The molecule has 0 aliphatic heterocycles. The summed E-state index contributed by atoms with van der Waals surface area (Å²) in [5.41, 5.74) is 6.53. The molecule has 0 spiro atoms. The molecule has 0 saturated carbocycles. The van der Waals surface area contributed by atoms with Gasteiger partial charge in [0.15, 0.2) is 0 Å². The first-order chi connectivity index (χ1) is 4.84. The maximum Gasteiger partial charge on any atom is 0.221 e. The maximum absolute atomic E-state index is 10.1. The fourth-order valence-electron chi connectivity index (χ4n) is 1.22. The lowest BCUT2D eigenvalue weighted by Crippen LogP contribution is -2.24. The van der Waals surface area contributed by atoms with E-state index in [4.69, 9.17) is 5.73 Å². The van der Waals surface area contributed by atoms with Crippen LogP contribution < -0.4 is 5.73 Å². The van der Waals surface area contributed by atoms with Crippen LogP contribution in [0.4, 0.5) is 0 Å². The van der Waals surface area contributed by atoms with Crippen LogP contribution in [0.5, 0.6) is 0 Å². The van der Waals surface area contributed by atoms with Crippen LogP contribution >= 0.6 is 0 Å². The summed E-state index contributed by atoms with van der Waals surface area (Å²) in [5.74, 6) is 0. The normalized spacial score (nSPS) is 21.5. The maximum atomic E-state index is 10.1. The third-order valence-electron chi connectivity index (χ3n) is 1.85. The molecule has 0 aromatic carbocycles. The van der Waals surface area contributed by atoms with Crippen LogP contribution in [-0.4, -0.2) is 12.3 Å². The number of hydrogen-bond donors (Lipinski definition) is 1. The predicted molar refractivity (Wildman–Crippen MR) is 40.2 cm³/mol. The molecule has 2 N–H and O–H groups in total. The van der Waals surface area contributed by atoms with Crippen LogP contribution in [0.1, 0.15) is 25.7 Å². The molecule has 0 fully saturated rings. The van der Waals surface area contributed by atoms with Crippen molar-refractivity contribution in [2.24, 2.45) is 5.73 Å². The zero-order chi connectivity index (χ0) is 7.40. The molecule has 10 heavy (non-hydrogen) atoms. The third kappa shape index (κ3) is 1.67. The Kier molecular flexibility index (Phi) is 2.63. The van der Waals surface area contributed by atoms with Gasteiger partial charge in [-0.1, -0.05) is 6.08 Å². The van der Waals surface area contributed by atoms with Crippen LogP contribution in [0.15, 0.2) is 11.6 Å². The molecule has 1 rings (SSSR count). The Labute approximate surface area is 61.1 Å². The van der Waals surface area contributed by atoms with Gasteiger partial charge in [-0.25, -0.2) is 0 Å². The fraction of sp³-hybridized carbons (Fsp3) is 0.625. The van der Waals surface area contributed by atoms with E-state index in [0.717, 1.165) is 18.4 Å². The lowest BCUT2D eigenvalue weighted by atomic mass is 9.95. The van der Waals surface area contributed by atoms with Crippen molar-refractivity contribution in [2.45, 2.75) is 31.7 Å². The Morgan fingerprint density at radius 2 is 2.40 bits per heavy atom. The average Bonchev–Trinajstić information content (AvgIpc) is 2.05. The minimum Gasteiger partial charge on any atom is -0.318 e. The Balaban J connectivity index is 2.52. The zero-order valence-electron chi connectivity index (χ0n) is 5.97. The second kappa shape index (κ2) is 3.52. The predicted octanol–water partition coefficient (Wildman–Crippen LogP) is 0.924. The van der Waals surface area contributed by atoms with E-state index < -0.39 is 6.04 Å². The summed E-state index contributed by atoms with van der Waals surface area (Å²) in [6, 6.07) is -0.458. The lowest BCUT2D eigenvalue weighted by Gasteiger charge is -2.13. The van der Waals surface area contributed by atoms with Gasteiger partial charge >= 0.3 is 0 Å². The highest BCUT2D eigenvalue weighted by molar-refractivity contribution is 5.63. The first kappa shape index (κ1) is 7.48. The Hall–Kier alpha value is -0.630. The largest absolute Gasteiger partial charge is 0.318 e. The van der Waals surface area contributed by atoms with Crippen LogP contribution in [-0.2, 0) is 4.79 Å². The van der Waals surface area contributed by atoms with Crippen LogP contribution in [0.2, 0.25) is 0 Å². The molecule has 1 radical (unpaired) electrons. The second-order valence-electron chi connectivity index (χ2n) is 2.62. The topological polar surface area (TPSA) is 43.1 Å². The number of allylic oxidation sites excluding steroid dienone is 1. The van der Waals surface area contributed by atoms with Crippen molar-refractivity contribution in [1.82, 2.24) is 0 Å². The summed E-state index contributed by atoms with van der Waals surface area (Å²) < 4.78 is 0. The molecule has 55 valence electrons. The van der Waals surface area contributed by atoms with Crippen molar-refractivity contribution < 1.29 is 4.79 Å². The van der Waals surface area contributed by atoms with Crippen molar-refractivity contribution in [2.75, 3.05) is 0 Å². The molecule has 0 bridgehead atoms. The SMILES string of the molecule is NC([C]=O)C1=CCCCC1. The number of nitrogens with two attached hydrogens (primary N) is 1. The van der Waals surface area contributed by atoms with Gasteiger partial charge in [-0.2, -0.15) is 0 Å². The van der Waals surface area contributed by atoms with E-state index >= 15 is 0 Å². The molecule has 1 aliphatic carbocycles. The minimum atomic E-state index is -0.458. The molecule has 0 aromatic heterocycles. The molecule has 2 nitrogen and oxygen atoms in total. The van der Waals surface area contributed by atoms with Crippen LogP contribution in [0.25, 0.3) is 0 Å². The van der Waals surface area contributed by atoms with E-state index in [1.54, 1.807) is 6.29 Å². The average molecular weight is 138 g/mol. The third-order valence-corrected chi connectivity index (χ3v) is 1.85. The van der Waals surface area contributed by atoms with E-state index in [2.05, 4.69) is 6.08 Å². The van der Waals surface area contributed by atoms with Gasteiger partial charge in [0, 0.05) is 0 Å². The summed E-state index contributed by atoms with van der Waals surface area (Å²) in [7, 11) is 0. The van der Waals surface area contributed by atoms with Crippen molar-refractivity contribution in [3.8, 4) is 0 Å². The fourth-order valence-corrected chi connectivity index (χ4v) is 1.22. The number of carbonyl (C=O) groups excluding carboxylic acids is 1. The standard InChI is InChI=1S/C8H12NO/c9-8(6-10)7-4-2-1-3-5-7/h4,8H,1-3,5,9H2. The molecule has 0 heterocycles. The molecule has 0 aromatic rings. The smallest absolute Gasteiger partial charge is 0.221 e. The highest BCUT2D eigenvalue weighted by Gasteiger charge is 2.10. The zero-order valence-corrected chi connectivity index (χ0v) is 5.97. The van der Waals surface area contributed by atoms with Crippen LogP contribution in [0.3, 0.4) is 0 Å². The van der Waals surface area contributed by atoms with E-state index in [1.807, 2.05) is 0 Å². The molecule has 2 heteroatoms. The highest BCUT2D eigenvalue weighted by Crippen LogP contribution is 2.18. The van der Waals surface area contributed by atoms with Gasteiger partial charge in [0.05, 0.1) is 6.04 Å². The Morgan fingerprint density at radius 3 is 2.90 bits per heavy atom. The van der Waals surface area contributed by atoms with Gasteiger partial charge in [0.1, 0.15) is 0 Å².